The molecule has 164 valence electrons. The largest absolute Gasteiger partial charge is 0.351 e. The Morgan fingerprint density at radius 2 is 1.84 bits per heavy atom. The van der Waals surface area contributed by atoms with Crippen LogP contribution in [0.25, 0.3) is 11.0 Å². The van der Waals surface area contributed by atoms with Crippen molar-refractivity contribution in [2.24, 2.45) is 5.92 Å². The van der Waals surface area contributed by atoms with E-state index >= 15 is 0 Å². The van der Waals surface area contributed by atoms with Gasteiger partial charge in [-0.3, -0.25) is 4.79 Å². The second-order valence-electron chi connectivity index (χ2n) is 8.47. The summed E-state index contributed by atoms with van der Waals surface area (Å²) < 4.78 is 2.33. The summed E-state index contributed by atoms with van der Waals surface area (Å²) in [5.74, 6) is 1.25. The lowest BCUT2D eigenvalue weighted by Gasteiger charge is -2.32. The molecule has 5 nitrogen and oxygen atoms in total. The number of aromatic nitrogens is 2. The average Bonchev–Trinajstić information content (AvgIpc) is 3.47. The maximum Gasteiger partial charge on any atom is 0.223 e. The number of benzene rings is 2. The molecule has 3 heterocycles. The number of carbonyl (C=O) groups is 1. The van der Waals surface area contributed by atoms with Gasteiger partial charge < -0.3 is 14.8 Å². The Labute approximate surface area is 192 Å². The van der Waals surface area contributed by atoms with E-state index in [1.54, 1.807) is 11.3 Å². The van der Waals surface area contributed by atoms with Gasteiger partial charge in [0.15, 0.2) is 0 Å². The minimum absolute atomic E-state index is 0.0698. The van der Waals surface area contributed by atoms with Crippen LogP contribution in [0.1, 0.15) is 28.8 Å². The highest BCUT2D eigenvalue weighted by Gasteiger charge is 2.27. The zero-order valence-electron chi connectivity index (χ0n) is 18.3. The summed E-state index contributed by atoms with van der Waals surface area (Å²) in [6, 6.07) is 21.0. The van der Waals surface area contributed by atoms with Crippen LogP contribution in [-0.4, -0.2) is 28.5 Å². The summed E-state index contributed by atoms with van der Waals surface area (Å²) >= 11 is 1.68. The van der Waals surface area contributed by atoms with E-state index < -0.39 is 0 Å². The number of carbonyl (C=O) groups excluding carboxylic acids is 1. The molecule has 1 saturated heterocycles. The van der Waals surface area contributed by atoms with Crippen LogP contribution < -0.4 is 10.2 Å². The summed E-state index contributed by atoms with van der Waals surface area (Å²) in [7, 11) is 0. The number of amides is 1. The SMILES string of the molecule is Cc1ccccc1Cn1c(N2CCC(C(=O)NCc3cccs3)CC2)nc2ccccc21. The maximum atomic E-state index is 12.7. The quantitative estimate of drug-likeness (QED) is 0.456. The molecule has 1 fully saturated rings. The van der Waals surface area contributed by atoms with Gasteiger partial charge in [-0.2, -0.15) is 0 Å². The van der Waals surface area contributed by atoms with Gasteiger partial charge in [-0.05, 0) is 54.5 Å². The Morgan fingerprint density at radius 1 is 1.06 bits per heavy atom. The van der Waals surface area contributed by atoms with E-state index in [0.717, 1.165) is 49.5 Å². The lowest BCUT2D eigenvalue weighted by Crippen LogP contribution is -2.41. The zero-order valence-corrected chi connectivity index (χ0v) is 19.1. The van der Waals surface area contributed by atoms with Crippen molar-refractivity contribution in [1.82, 2.24) is 14.9 Å². The number of rotatable bonds is 6. The lowest BCUT2D eigenvalue weighted by atomic mass is 9.96. The van der Waals surface area contributed by atoms with E-state index in [1.165, 1.54) is 16.0 Å². The van der Waals surface area contributed by atoms with Crippen molar-refractivity contribution in [2.75, 3.05) is 18.0 Å². The molecule has 2 aromatic heterocycles. The molecule has 2 aromatic carbocycles. The average molecular weight is 445 g/mol. The van der Waals surface area contributed by atoms with Crippen LogP contribution >= 0.6 is 11.3 Å². The number of hydrogen-bond acceptors (Lipinski definition) is 4. The van der Waals surface area contributed by atoms with Crippen LogP contribution in [0.15, 0.2) is 66.0 Å². The zero-order chi connectivity index (χ0) is 21.9. The van der Waals surface area contributed by atoms with Gasteiger partial charge in [-0.1, -0.05) is 42.5 Å². The molecule has 32 heavy (non-hydrogen) atoms. The number of hydrogen-bond donors (Lipinski definition) is 1. The normalized spacial score (nSPS) is 14.7. The van der Waals surface area contributed by atoms with Gasteiger partial charge in [0.1, 0.15) is 0 Å². The van der Waals surface area contributed by atoms with Crippen LogP contribution in [0.5, 0.6) is 0 Å². The first kappa shape index (κ1) is 20.8. The number of aryl methyl sites for hydroxylation is 1. The van der Waals surface area contributed by atoms with E-state index in [1.807, 2.05) is 17.5 Å². The molecule has 1 amide bonds. The Hall–Kier alpha value is -3.12. The minimum Gasteiger partial charge on any atom is -0.351 e. The predicted molar refractivity (Wildman–Crippen MR) is 131 cm³/mol. The summed E-state index contributed by atoms with van der Waals surface area (Å²) in [4.78, 5) is 21.2. The highest BCUT2D eigenvalue weighted by molar-refractivity contribution is 7.09. The van der Waals surface area contributed by atoms with Crippen molar-refractivity contribution in [3.8, 4) is 0 Å². The van der Waals surface area contributed by atoms with Crippen LogP contribution in [-0.2, 0) is 17.9 Å². The summed E-state index contributed by atoms with van der Waals surface area (Å²) in [5.41, 5.74) is 4.77. The third kappa shape index (κ3) is 4.28. The first-order chi connectivity index (χ1) is 15.7. The molecule has 0 aliphatic carbocycles. The van der Waals surface area contributed by atoms with E-state index in [-0.39, 0.29) is 11.8 Å². The number of nitrogens with zero attached hydrogens (tertiary/aromatic N) is 3. The summed E-state index contributed by atoms with van der Waals surface area (Å²) in [5, 5.41) is 5.16. The number of thiophene rings is 1. The number of nitrogens with one attached hydrogen (secondary N) is 1. The smallest absolute Gasteiger partial charge is 0.223 e. The number of anilines is 1. The second-order valence-corrected chi connectivity index (χ2v) is 9.50. The molecule has 1 N–H and O–H groups in total. The third-order valence-electron chi connectivity index (χ3n) is 6.39. The Bertz CT molecular complexity index is 1210. The fourth-order valence-electron chi connectivity index (χ4n) is 4.49. The summed E-state index contributed by atoms with van der Waals surface area (Å²) in [6.07, 6.45) is 1.70. The maximum absolute atomic E-state index is 12.7. The van der Waals surface area contributed by atoms with Gasteiger partial charge in [-0.25, -0.2) is 4.98 Å². The predicted octanol–water partition coefficient (Wildman–Crippen LogP) is 4.99. The third-order valence-corrected chi connectivity index (χ3v) is 7.27. The van der Waals surface area contributed by atoms with Gasteiger partial charge in [-0.15, -0.1) is 11.3 Å². The second kappa shape index (κ2) is 9.17. The minimum atomic E-state index is 0.0698. The van der Waals surface area contributed by atoms with Crippen molar-refractivity contribution in [3.05, 3.63) is 82.0 Å². The molecule has 0 saturated carbocycles. The van der Waals surface area contributed by atoms with Gasteiger partial charge in [0.05, 0.1) is 24.1 Å². The van der Waals surface area contributed by atoms with Crippen molar-refractivity contribution < 1.29 is 4.79 Å². The lowest BCUT2D eigenvalue weighted by molar-refractivity contribution is -0.125. The van der Waals surface area contributed by atoms with Gasteiger partial charge in [0.25, 0.3) is 0 Å². The molecule has 1 aliphatic rings. The van der Waals surface area contributed by atoms with Crippen LogP contribution in [0.2, 0.25) is 0 Å². The molecule has 5 rings (SSSR count). The van der Waals surface area contributed by atoms with Crippen molar-refractivity contribution in [1.29, 1.82) is 0 Å². The molecule has 6 heteroatoms. The number of imidazole rings is 1. The first-order valence-corrected chi connectivity index (χ1v) is 12.1. The molecule has 0 radical (unpaired) electrons. The van der Waals surface area contributed by atoms with E-state index in [9.17, 15) is 4.79 Å². The fourth-order valence-corrected chi connectivity index (χ4v) is 5.14. The van der Waals surface area contributed by atoms with Crippen LogP contribution in [0.3, 0.4) is 0 Å². The Morgan fingerprint density at radius 3 is 2.62 bits per heavy atom. The highest BCUT2D eigenvalue weighted by atomic mass is 32.1. The fraction of sp³-hybridized carbons (Fsp3) is 0.308. The Balaban J connectivity index is 1.32. The molecule has 0 spiro atoms. The highest BCUT2D eigenvalue weighted by Crippen LogP contribution is 2.28. The molecular weight excluding hydrogens is 416 g/mol. The molecular formula is C26H28N4OS. The Kier molecular flexibility index (Phi) is 5.95. The first-order valence-electron chi connectivity index (χ1n) is 11.2. The summed E-state index contributed by atoms with van der Waals surface area (Å²) in [6.45, 7) is 5.27. The van der Waals surface area contributed by atoms with E-state index in [0.29, 0.717) is 6.54 Å². The molecule has 0 bridgehead atoms. The van der Waals surface area contributed by atoms with Crippen LogP contribution in [0.4, 0.5) is 5.95 Å². The number of fused-ring (bicyclic) bond motifs is 1. The van der Waals surface area contributed by atoms with E-state index in [4.69, 9.17) is 4.98 Å². The van der Waals surface area contributed by atoms with Crippen LogP contribution in [0, 0.1) is 12.8 Å². The number of para-hydroxylation sites is 2. The molecule has 0 unspecified atom stereocenters. The number of piperidine rings is 1. The van der Waals surface area contributed by atoms with Gasteiger partial charge in [0, 0.05) is 23.9 Å². The van der Waals surface area contributed by atoms with Gasteiger partial charge >= 0.3 is 0 Å². The standard InChI is InChI=1S/C26H28N4OS/c1-19-7-2-3-8-21(19)18-30-24-11-5-4-10-23(24)28-26(30)29-14-12-20(13-15-29)25(31)27-17-22-9-6-16-32-22/h2-11,16,20H,12-15,17-18H2,1H3,(H,27,31). The molecule has 4 aromatic rings. The van der Waals surface area contributed by atoms with Crippen molar-refractivity contribution in [3.63, 3.8) is 0 Å². The monoisotopic (exact) mass is 444 g/mol. The van der Waals surface area contributed by atoms with Crippen molar-refractivity contribution in [2.45, 2.75) is 32.9 Å². The van der Waals surface area contributed by atoms with E-state index in [2.05, 4.69) is 70.2 Å². The molecule has 0 atom stereocenters. The topological polar surface area (TPSA) is 50.2 Å². The van der Waals surface area contributed by atoms with Gasteiger partial charge in [0.2, 0.25) is 11.9 Å². The molecule has 1 aliphatic heterocycles. The van der Waals surface area contributed by atoms with Crippen molar-refractivity contribution >= 4 is 34.2 Å².